The number of hydrogen-bond donors (Lipinski definition) is 2. The Morgan fingerprint density at radius 2 is 1.96 bits per heavy atom. The number of aromatic amines is 1. The third-order valence-electron chi connectivity index (χ3n) is 3.71. The zero-order chi connectivity index (χ0) is 18.1. The third-order valence-corrected chi connectivity index (χ3v) is 3.71. The van der Waals surface area contributed by atoms with Crippen molar-refractivity contribution < 1.29 is 28.9 Å². The normalized spacial score (nSPS) is 25.9. The Morgan fingerprint density at radius 1 is 1.28 bits per heavy atom. The first kappa shape index (κ1) is 17.0. The first-order valence-electron chi connectivity index (χ1n) is 7.43. The number of fused-ring (bicyclic) bond motifs is 1. The van der Waals surface area contributed by atoms with Gasteiger partial charge in [0.15, 0.2) is 29.6 Å². The molecule has 11 nitrogen and oxygen atoms in total. The highest BCUT2D eigenvalue weighted by Gasteiger charge is 2.50. The molecule has 1 aliphatic rings. The van der Waals surface area contributed by atoms with Gasteiger partial charge in [-0.05, 0) is 0 Å². The molecular formula is C14H16N4O7. The third kappa shape index (κ3) is 3.10. The van der Waals surface area contributed by atoms with Crippen molar-refractivity contribution in [2.24, 2.45) is 0 Å². The predicted molar refractivity (Wildman–Crippen MR) is 80.3 cm³/mol. The molecule has 2 aromatic rings. The number of rotatable bonds is 4. The molecule has 0 amide bonds. The quantitative estimate of drug-likeness (QED) is 0.653. The van der Waals surface area contributed by atoms with E-state index in [4.69, 9.17) is 14.2 Å². The Kier molecular flexibility index (Phi) is 4.51. The van der Waals surface area contributed by atoms with Crippen LogP contribution in [0.2, 0.25) is 0 Å². The van der Waals surface area contributed by atoms with E-state index < -0.39 is 48.6 Å². The fourth-order valence-electron chi connectivity index (χ4n) is 2.78. The number of hydrogen-bond acceptors (Lipinski definition) is 9. The minimum absolute atomic E-state index is 0.0733. The molecule has 1 unspecified atom stereocenters. The first-order valence-corrected chi connectivity index (χ1v) is 7.43. The molecule has 0 bridgehead atoms. The highest BCUT2D eigenvalue weighted by Crippen LogP contribution is 2.35. The van der Waals surface area contributed by atoms with Gasteiger partial charge in [-0.1, -0.05) is 0 Å². The van der Waals surface area contributed by atoms with Gasteiger partial charge in [0.25, 0.3) is 5.56 Å². The topological polar surface area (TPSA) is 146 Å². The summed E-state index contributed by atoms with van der Waals surface area (Å²) in [6, 6.07) is 0. The standard InChI is InChI=1S/C14H16N4O7/c1-6(20)23-10-8(3-19)25-14(11(10)24-7(2)21)18-5-17-9-12(18)15-4-16-13(9)22/h4-5,8,10-11,14,19H,3H2,1-2H3,(H,15,16,22)/t8-,10+,11?,14-/m1/s1. The van der Waals surface area contributed by atoms with Crippen LogP contribution in [0.4, 0.5) is 0 Å². The molecule has 0 spiro atoms. The van der Waals surface area contributed by atoms with Crippen LogP contribution in [0.15, 0.2) is 17.4 Å². The van der Waals surface area contributed by atoms with Gasteiger partial charge in [0.1, 0.15) is 6.10 Å². The lowest BCUT2D eigenvalue weighted by Gasteiger charge is -2.23. The molecule has 0 saturated carbocycles. The zero-order valence-corrected chi connectivity index (χ0v) is 13.4. The molecule has 11 heteroatoms. The van der Waals surface area contributed by atoms with Gasteiger partial charge >= 0.3 is 11.9 Å². The highest BCUT2D eigenvalue weighted by molar-refractivity contribution is 5.69. The van der Waals surface area contributed by atoms with Crippen LogP contribution in [0.1, 0.15) is 20.1 Å². The van der Waals surface area contributed by atoms with Gasteiger partial charge in [0.2, 0.25) is 0 Å². The van der Waals surface area contributed by atoms with Crippen molar-refractivity contribution in [3.8, 4) is 0 Å². The monoisotopic (exact) mass is 352 g/mol. The van der Waals surface area contributed by atoms with Gasteiger partial charge in [-0.3, -0.25) is 19.0 Å². The second kappa shape index (κ2) is 6.61. The Bertz CT molecular complexity index is 860. The number of carbonyl (C=O) groups excluding carboxylic acids is 2. The molecule has 0 aliphatic carbocycles. The number of aliphatic hydroxyl groups is 1. The molecule has 0 aromatic carbocycles. The molecule has 2 aromatic heterocycles. The maximum absolute atomic E-state index is 11.8. The van der Waals surface area contributed by atoms with E-state index >= 15 is 0 Å². The largest absolute Gasteiger partial charge is 0.456 e. The van der Waals surface area contributed by atoms with Crippen LogP contribution < -0.4 is 5.56 Å². The van der Waals surface area contributed by atoms with Crippen LogP contribution in [0.5, 0.6) is 0 Å². The number of aromatic nitrogens is 4. The number of ether oxygens (including phenoxy) is 3. The number of nitrogens with one attached hydrogen (secondary N) is 1. The number of H-pyrrole nitrogens is 1. The van der Waals surface area contributed by atoms with Gasteiger partial charge < -0.3 is 24.3 Å². The van der Waals surface area contributed by atoms with Crippen LogP contribution in [0, 0.1) is 0 Å². The number of esters is 2. The number of imidazole rings is 1. The Labute approximate surface area is 140 Å². The van der Waals surface area contributed by atoms with Crippen molar-refractivity contribution in [1.82, 2.24) is 19.5 Å². The molecule has 1 saturated heterocycles. The molecule has 3 heterocycles. The summed E-state index contributed by atoms with van der Waals surface area (Å²) in [6.07, 6.45) is -1.46. The lowest BCUT2D eigenvalue weighted by atomic mass is 10.1. The molecule has 2 N–H and O–H groups in total. The van der Waals surface area contributed by atoms with Crippen LogP contribution in [0.3, 0.4) is 0 Å². The summed E-state index contributed by atoms with van der Waals surface area (Å²) in [7, 11) is 0. The van der Waals surface area contributed by atoms with Crippen molar-refractivity contribution in [2.45, 2.75) is 38.4 Å². The smallest absolute Gasteiger partial charge is 0.303 e. The van der Waals surface area contributed by atoms with Crippen LogP contribution in [-0.4, -0.2) is 61.5 Å². The fraction of sp³-hybridized carbons (Fsp3) is 0.500. The number of nitrogens with zero attached hydrogens (tertiary/aromatic N) is 3. The van der Waals surface area contributed by atoms with Crippen molar-refractivity contribution in [3.05, 3.63) is 23.0 Å². The summed E-state index contributed by atoms with van der Waals surface area (Å²) in [6.45, 7) is 1.93. The molecule has 0 radical (unpaired) electrons. The summed E-state index contributed by atoms with van der Waals surface area (Å²) < 4.78 is 17.5. The van der Waals surface area contributed by atoms with Gasteiger partial charge in [0, 0.05) is 13.8 Å². The van der Waals surface area contributed by atoms with E-state index in [-0.39, 0.29) is 11.2 Å². The van der Waals surface area contributed by atoms with Gasteiger partial charge in [0.05, 0.1) is 19.3 Å². The Morgan fingerprint density at radius 3 is 2.60 bits per heavy atom. The average molecular weight is 352 g/mol. The second-order valence-corrected chi connectivity index (χ2v) is 5.45. The van der Waals surface area contributed by atoms with Crippen molar-refractivity contribution >= 4 is 23.1 Å². The molecule has 25 heavy (non-hydrogen) atoms. The lowest BCUT2D eigenvalue weighted by Crippen LogP contribution is -2.40. The van der Waals surface area contributed by atoms with E-state index in [1.54, 1.807) is 0 Å². The number of carbonyl (C=O) groups is 2. The summed E-state index contributed by atoms with van der Waals surface area (Å²) in [5, 5.41) is 9.52. The second-order valence-electron chi connectivity index (χ2n) is 5.45. The zero-order valence-electron chi connectivity index (χ0n) is 13.4. The molecule has 4 atom stereocenters. The van der Waals surface area contributed by atoms with Crippen molar-refractivity contribution in [1.29, 1.82) is 0 Å². The Hall–Kier alpha value is -2.79. The number of aliphatic hydroxyl groups excluding tert-OH is 1. The van der Waals surface area contributed by atoms with E-state index in [1.165, 1.54) is 31.1 Å². The van der Waals surface area contributed by atoms with E-state index in [2.05, 4.69) is 15.0 Å². The first-order chi connectivity index (χ1) is 11.9. The summed E-state index contributed by atoms with van der Waals surface area (Å²) in [5.74, 6) is -1.24. The SMILES string of the molecule is CC(=O)OC1[C@@H](OC(C)=O)[C@@H](CO)O[C@H]1n1cnc2c(=O)[nH]cnc21. The summed E-state index contributed by atoms with van der Waals surface area (Å²) in [4.78, 5) is 45.1. The fourth-order valence-corrected chi connectivity index (χ4v) is 2.78. The lowest BCUT2D eigenvalue weighted by molar-refractivity contribution is -0.165. The van der Waals surface area contributed by atoms with E-state index in [1.807, 2.05) is 0 Å². The highest BCUT2D eigenvalue weighted by atomic mass is 16.6. The van der Waals surface area contributed by atoms with Gasteiger partial charge in [-0.25, -0.2) is 9.97 Å². The summed E-state index contributed by atoms with van der Waals surface area (Å²) in [5.41, 5.74) is -0.170. The maximum Gasteiger partial charge on any atom is 0.303 e. The van der Waals surface area contributed by atoms with Gasteiger partial charge in [-0.15, -0.1) is 0 Å². The summed E-state index contributed by atoms with van der Waals surface area (Å²) >= 11 is 0. The van der Waals surface area contributed by atoms with Crippen molar-refractivity contribution in [2.75, 3.05) is 6.61 Å². The molecule has 134 valence electrons. The van der Waals surface area contributed by atoms with E-state index in [0.29, 0.717) is 0 Å². The Balaban J connectivity index is 2.05. The minimum atomic E-state index is -1.04. The molecule has 3 rings (SSSR count). The van der Waals surface area contributed by atoms with Crippen LogP contribution in [0.25, 0.3) is 11.2 Å². The average Bonchev–Trinajstić information content (AvgIpc) is 3.10. The van der Waals surface area contributed by atoms with Crippen LogP contribution in [-0.2, 0) is 23.8 Å². The van der Waals surface area contributed by atoms with Crippen molar-refractivity contribution in [3.63, 3.8) is 0 Å². The van der Waals surface area contributed by atoms with Crippen LogP contribution >= 0.6 is 0 Å². The minimum Gasteiger partial charge on any atom is -0.456 e. The van der Waals surface area contributed by atoms with E-state index in [9.17, 15) is 19.5 Å². The van der Waals surface area contributed by atoms with Gasteiger partial charge in [-0.2, -0.15) is 0 Å². The molecular weight excluding hydrogens is 336 g/mol. The maximum atomic E-state index is 11.8. The molecule has 1 fully saturated rings. The molecule has 1 aliphatic heterocycles. The van der Waals surface area contributed by atoms with E-state index in [0.717, 1.165) is 0 Å². The predicted octanol–water partition coefficient (Wildman–Crippen LogP) is -1.13.